The van der Waals surface area contributed by atoms with Crippen LogP contribution in [0, 0.1) is 0 Å². The summed E-state index contributed by atoms with van der Waals surface area (Å²) < 4.78 is 0. The predicted octanol–water partition coefficient (Wildman–Crippen LogP) is 7.40. The van der Waals surface area contributed by atoms with Gasteiger partial charge in [-0.05, 0) is 37.7 Å². The van der Waals surface area contributed by atoms with Gasteiger partial charge in [0.1, 0.15) is 0 Å². The smallest absolute Gasteiger partial charge is 0.0978 e. The average Bonchev–Trinajstić information content (AvgIpc) is 2.83. The molecule has 0 saturated carbocycles. The fourth-order valence-electron chi connectivity index (χ4n) is 5.11. The third kappa shape index (κ3) is 1.93. The zero-order chi connectivity index (χ0) is 19.7. The molecule has 6 aromatic carbocycles. The highest BCUT2D eigenvalue weighted by atomic mass is 14.8. The van der Waals surface area contributed by atoms with E-state index in [9.17, 15) is 0 Å². The monoisotopic (exact) mass is 380 g/mol. The summed E-state index contributed by atoms with van der Waals surface area (Å²) in [7, 11) is 0. The first-order valence-corrected chi connectivity index (χ1v) is 10.2. The summed E-state index contributed by atoms with van der Waals surface area (Å²) in [6.45, 7) is 0. The van der Waals surface area contributed by atoms with Crippen LogP contribution in [-0.4, -0.2) is 9.97 Å². The summed E-state index contributed by atoms with van der Waals surface area (Å²) in [5.74, 6) is 0. The van der Waals surface area contributed by atoms with Crippen molar-refractivity contribution in [3.05, 3.63) is 97.3 Å². The molecule has 1 aromatic heterocycles. The second-order valence-corrected chi connectivity index (χ2v) is 7.80. The first-order chi connectivity index (χ1) is 14.9. The van der Waals surface area contributed by atoms with Crippen LogP contribution < -0.4 is 0 Å². The molecule has 7 rings (SSSR count). The van der Waals surface area contributed by atoms with Gasteiger partial charge >= 0.3 is 0 Å². The first-order valence-electron chi connectivity index (χ1n) is 10.2. The molecule has 0 aliphatic carbocycles. The highest BCUT2D eigenvalue weighted by Crippen LogP contribution is 2.44. The Kier molecular flexibility index (Phi) is 3.03. The largest absolute Gasteiger partial charge is 0.252 e. The van der Waals surface area contributed by atoms with Gasteiger partial charge in [0.2, 0.25) is 0 Å². The second kappa shape index (κ2) is 5.74. The molecule has 0 aliphatic heterocycles. The second-order valence-electron chi connectivity index (χ2n) is 7.80. The number of aromatic nitrogens is 2. The number of hydrogen-bond donors (Lipinski definition) is 0. The van der Waals surface area contributed by atoms with Crippen LogP contribution in [0.4, 0.5) is 0 Å². The van der Waals surface area contributed by atoms with Gasteiger partial charge in [0.25, 0.3) is 0 Å². The Labute approximate surface area is 172 Å². The lowest BCUT2D eigenvalue weighted by molar-refractivity contribution is 1.31. The van der Waals surface area contributed by atoms with Crippen LogP contribution in [-0.2, 0) is 0 Å². The van der Waals surface area contributed by atoms with E-state index in [1.54, 1.807) is 6.20 Å². The van der Waals surface area contributed by atoms with Crippen molar-refractivity contribution in [1.82, 2.24) is 9.97 Å². The van der Waals surface area contributed by atoms with Gasteiger partial charge in [0.15, 0.2) is 0 Å². The molecule has 0 N–H and O–H groups in total. The number of fused-ring (bicyclic) bond motifs is 13. The molecule has 0 saturated heterocycles. The third-order valence-corrected chi connectivity index (χ3v) is 6.30. The van der Waals surface area contributed by atoms with Crippen molar-refractivity contribution >= 4 is 64.9 Å². The highest BCUT2D eigenvalue weighted by molar-refractivity contribution is 6.40. The fourth-order valence-corrected chi connectivity index (χ4v) is 5.11. The topological polar surface area (TPSA) is 25.8 Å². The van der Waals surface area contributed by atoms with Crippen molar-refractivity contribution in [2.75, 3.05) is 0 Å². The Morgan fingerprint density at radius 2 is 0.900 bits per heavy atom. The standard InChI is InChI=1S/C28H16N2/c1-2-8-18-17(7-1)13-14-23-24-21-11-5-3-9-19(21)20-10-4-6-12-22(20)26(24)28-27(25(18)23)29-15-16-30-28/h1-16H. The van der Waals surface area contributed by atoms with E-state index in [1.165, 1.54) is 53.9 Å². The van der Waals surface area contributed by atoms with Crippen LogP contribution in [0.25, 0.3) is 64.9 Å². The van der Waals surface area contributed by atoms with E-state index in [0.29, 0.717) is 0 Å². The first kappa shape index (κ1) is 15.8. The predicted molar refractivity (Wildman–Crippen MR) is 127 cm³/mol. The number of nitrogens with zero attached hydrogens (tertiary/aromatic N) is 2. The maximum absolute atomic E-state index is 4.86. The fraction of sp³-hybridized carbons (Fsp3) is 0. The lowest BCUT2D eigenvalue weighted by atomic mass is 9.88. The zero-order valence-electron chi connectivity index (χ0n) is 16.1. The maximum Gasteiger partial charge on any atom is 0.0978 e. The minimum absolute atomic E-state index is 0.970. The van der Waals surface area contributed by atoms with Crippen molar-refractivity contribution in [3.8, 4) is 0 Å². The summed E-state index contributed by atoms with van der Waals surface area (Å²) in [5, 5.41) is 12.3. The van der Waals surface area contributed by atoms with Crippen molar-refractivity contribution < 1.29 is 0 Å². The zero-order valence-corrected chi connectivity index (χ0v) is 16.1. The van der Waals surface area contributed by atoms with Gasteiger partial charge in [0.05, 0.1) is 11.0 Å². The van der Waals surface area contributed by atoms with Crippen molar-refractivity contribution in [3.63, 3.8) is 0 Å². The van der Waals surface area contributed by atoms with Gasteiger partial charge in [-0.2, -0.15) is 0 Å². The van der Waals surface area contributed by atoms with Crippen molar-refractivity contribution in [2.45, 2.75) is 0 Å². The van der Waals surface area contributed by atoms with Crippen molar-refractivity contribution in [2.24, 2.45) is 0 Å². The molecule has 0 spiro atoms. The van der Waals surface area contributed by atoms with Gasteiger partial charge in [-0.3, -0.25) is 9.97 Å². The number of rotatable bonds is 0. The Hall–Kier alpha value is -4.04. The average molecular weight is 380 g/mol. The van der Waals surface area contributed by atoms with Crippen LogP contribution in [0.1, 0.15) is 0 Å². The number of benzene rings is 6. The van der Waals surface area contributed by atoms with E-state index in [4.69, 9.17) is 9.97 Å². The van der Waals surface area contributed by atoms with Crippen LogP contribution in [0.3, 0.4) is 0 Å². The van der Waals surface area contributed by atoms with E-state index < -0.39 is 0 Å². The molecular weight excluding hydrogens is 364 g/mol. The molecule has 138 valence electrons. The molecule has 0 amide bonds. The summed E-state index contributed by atoms with van der Waals surface area (Å²) in [5.41, 5.74) is 1.94. The summed E-state index contributed by atoms with van der Waals surface area (Å²) >= 11 is 0. The highest BCUT2D eigenvalue weighted by Gasteiger charge is 2.18. The Morgan fingerprint density at radius 1 is 0.367 bits per heavy atom. The Bertz CT molecular complexity index is 1790. The van der Waals surface area contributed by atoms with Gasteiger partial charge in [-0.25, -0.2) is 0 Å². The SMILES string of the molecule is c1ccc2c(c1)ccc1c2c2nccnc2c2c3ccccc3c3ccccc3c12. The number of hydrogen-bond acceptors (Lipinski definition) is 2. The van der Waals surface area contributed by atoms with E-state index >= 15 is 0 Å². The summed E-state index contributed by atoms with van der Waals surface area (Å²) in [4.78, 5) is 9.69. The normalized spacial score (nSPS) is 12.0. The van der Waals surface area contributed by atoms with E-state index in [1.807, 2.05) is 6.20 Å². The molecular formula is C28H16N2. The van der Waals surface area contributed by atoms with E-state index in [2.05, 4.69) is 84.9 Å². The lowest BCUT2D eigenvalue weighted by Gasteiger charge is -2.16. The maximum atomic E-state index is 4.86. The third-order valence-electron chi connectivity index (χ3n) is 6.30. The quantitative estimate of drug-likeness (QED) is 0.256. The van der Waals surface area contributed by atoms with Crippen LogP contribution in [0.15, 0.2) is 97.3 Å². The minimum Gasteiger partial charge on any atom is -0.252 e. The molecule has 30 heavy (non-hydrogen) atoms. The lowest BCUT2D eigenvalue weighted by Crippen LogP contribution is -1.92. The minimum atomic E-state index is 0.970. The van der Waals surface area contributed by atoms with Crippen LogP contribution >= 0.6 is 0 Å². The summed E-state index contributed by atoms with van der Waals surface area (Å²) in [6.07, 6.45) is 3.61. The summed E-state index contributed by atoms with van der Waals surface area (Å²) in [6, 6.07) is 30.4. The molecule has 0 radical (unpaired) electrons. The van der Waals surface area contributed by atoms with Crippen LogP contribution in [0.2, 0.25) is 0 Å². The van der Waals surface area contributed by atoms with Crippen molar-refractivity contribution in [1.29, 1.82) is 0 Å². The molecule has 0 bridgehead atoms. The van der Waals surface area contributed by atoms with E-state index in [0.717, 1.165) is 11.0 Å². The molecule has 0 aliphatic rings. The molecule has 7 aromatic rings. The molecule has 2 heteroatoms. The Morgan fingerprint density at radius 3 is 1.60 bits per heavy atom. The van der Waals surface area contributed by atoms with Gasteiger partial charge in [-0.1, -0.05) is 84.9 Å². The Balaban J connectivity index is 1.97. The van der Waals surface area contributed by atoms with Gasteiger partial charge in [0, 0.05) is 28.6 Å². The van der Waals surface area contributed by atoms with Crippen LogP contribution in [0.5, 0.6) is 0 Å². The molecule has 0 fully saturated rings. The molecule has 2 nitrogen and oxygen atoms in total. The molecule has 0 atom stereocenters. The van der Waals surface area contributed by atoms with E-state index in [-0.39, 0.29) is 0 Å². The molecule has 0 unspecified atom stereocenters. The van der Waals surface area contributed by atoms with Gasteiger partial charge in [-0.15, -0.1) is 0 Å². The molecule has 1 heterocycles. The van der Waals surface area contributed by atoms with Gasteiger partial charge < -0.3 is 0 Å².